The number of hydrogen-bond donors (Lipinski definition) is 1. The largest absolute Gasteiger partial charge is 0.464 e. The molecule has 10 heteroatoms. The number of aromatic nitrogens is 5. The zero-order valence-corrected chi connectivity index (χ0v) is 16.2. The summed E-state index contributed by atoms with van der Waals surface area (Å²) in [6, 6.07) is 5.57. The molecule has 0 saturated heterocycles. The van der Waals surface area contributed by atoms with Crippen LogP contribution in [0.25, 0.3) is 11.3 Å². The number of nitrogens with one attached hydrogen (secondary N) is 1. The topological polar surface area (TPSA) is 119 Å². The Balaban J connectivity index is 1.53. The van der Waals surface area contributed by atoms with E-state index in [1.807, 2.05) is 6.20 Å². The first-order valence-corrected chi connectivity index (χ1v) is 9.18. The van der Waals surface area contributed by atoms with E-state index >= 15 is 0 Å². The molecule has 0 aromatic carbocycles. The fraction of sp³-hybridized carbons (Fsp3) is 0.263. The molecule has 3 heterocycles. The van der Waals surface area contributed by atoms with E-state index in [1.54, 1.807) is 16.9 Å². The molecule has 0 radical (unpaired) electrons. The monoisotopic (exact) mass is 409 g/mol. The number of halogens is 1. The molecule has 29 heavy (non-hydrogen) atoms. The number of hydrogen-bond acceptors (Lipinski definition) is 8. The average Bonchev–Trinajstić information content (AvgIpc) is 3.37. The second-order valence-electron chi connectivity index (χ2n) is 6.76. The second kappa shape index (κ2) is 7.48. The maximum atomic E-state index is 11.5. The smallest absolute Gasteiger partial charge is 0.356 e. The van der Waals surface area contributed by atoms with Crippen molar-refractivity contribution in [1.82, 2.24) is 24.7 Å². The summed E-state index contributed by atoms with van der Waals surface area (Å²) in [6.45, 7) is 0.551. The number of nitrogens with zero attached hydrogens (tertiary/aromatic N) is 6. The third-order valence-electron chi connectivity index (χ3n) is 4.62. The summed E-state index contributed by atoms with van der Waals surface area (Å²) < 4.78 is 6.37. The van der Waals surface area contributed by atoms with E-state index in [4.69, 9.17) is 11.6 Å². The normalized spacial score (nSPS) is 14.1. The van der Waals surface area contributed by atoms with Crippen LogP contribution in [0.4, 0.5) is 11.6 Å². The highest BCUT2D eigenvalue weighted by molar-refractivity contribution is 6.32. The van der Waals surface area contributed by atoms with Gasteiger partial charge in [-0.1, -0.05) is 11.6 Å². The summed E-state index contributed by atoms with van der Waals surface area (Å²) >= 11 is 6.28. The fourth-order valence-electron chi connectivity index (χ4n) is 2.79. The minimum Gasteiger partial charge on any atom is -0.464 e. The third-order valence-corrected chi connectivity index (χ3v) is 4.90. The van der Waals surface area contributed by atoms with Crippen LogP contribution in [-0.2, 0) is 11.3 Å². The Labute approximate surface area is 171 Å². The zero-order valence-electron chi connectivity index (χ0n) is 15.5. The van der Waals surface area contributed by atoms with Gasteiger partial charge in [0, 0.05) is 11.8 Å². The number of anilines is 2. The summed E-state index contributed by atoms with van der Waals surface area (Å²) in [5, 5.41) is 17.0. The molecule has 146 valence electrons. The molecule has 1 N–H and O–H groups in total. The molecule has 1 aliphatic carbocycles. The number of rotatable bonds is 6. The molecule has 1 fully saturated rings. The molecule has 1 aliphatic rings. The number of carbonyl (C=O) groups excluding carboxylic acids is 1. The Kier molecular flexibility index (Phi) is 4.86. The SMILES string of the molecule is COC(=O)c1ccc(Nc2ncc(Cl)c(-c3cnn(CC4(C#N)CC4)c3)n2)cn1. The van der Waals surface area contributed by atoms with Crippen LogP contribution in [0.15, 0.2) is 36.9 Å². The minimum absolute atomic E-state index is 0.203. The van der Waals surface area contributed by atoms with Crippen molar-refractivity contribution in [3.05, 3.63) is 47.6 Å². The van der Waals surface area contributed by atoms with Crippen molar-refractivity contribution in [2.24, 2.45) is 5.41 Å². The number of carbonyl (C=O) groups is 1. The lowest BCUT2D eigenvalue weighted by molar-refractivity contribution is 0.0594. The van der Waals surface area contributed by atoms with Gasteiger partial charge in [-0.25, -0.2) is 19.7 Å². The van der Waals surface area contributed by atoms with Crippen LogP contribution < -0.4 is 5.32 Å². The molecule has 3 aromatic rings. The first-order chi connectivity index (χ1) is 14.0. The molecule has 0 unspecified atom stereocenters. The molecule has 0 atom stereocenters. The van der Waals surface area contributed by atoms with Crippen LogP contribution in [0.5, 0.6) is 0 Å². The minimum atomic E-state index is -0.511. The second-order valence-corrected chi connectivity index (χ2v) is 7.16. The van der Waals surface area contributed by atoms with E-state index in [0.717, 1.165) is 18.4 Å². The van der Waals surface area contributed by atoms with Crippen LogP contribution >= 0.6 is 11.6 Å². The van der Waals surface area contributed by atoms with E-state index in [9.17, 15) is 10.1 Å². The maximum absolute atomic E-state index is 11.5. The molecule has 1 saturated carbocycles. The van der Waals surface area contributed by atoms with Crippen molar-refractivity contribution in [1.29, 1.82) is 5.26 Å². The van der Waals surface area contributed by atoms with Gasteiger partial charge in [0.25, 0.3) is 0 Å². The first-order valence-electron chi connectivity index (χ1n) is 8.80. The first kappa shape index (κ1) is 18.8. The summed E-state index contributed by atoms with van der Waals surface area (Å²) in [6.07, 6.45) is 8.25. The predicted octanol–water partition coefficient (Wildman–Crippen LogP) is 3.22. The Morgan fingerprint density at radius 2 is 2.17 bits per heavy atom. The third kappa shape index (κ3) is 4.02. The van der Waals surface area contributed by atoms with Gasteiger partial charge in [0.2, 0.25) is 5.95 Å². The van der Waals surface area contributed by atoms with Crippen LogP contribution in [0.3, 0.4) is 0 Å². The molecule has 9 nitrogen and oxygen atoms in total. The highest BCUT2D eigenvalue weighted by Crippen LogP contribution is 2.46. The summed E-state index contributed by atoms with van der Waals surface area (Å²) in [7, 11) is 1.30. The van der Waals surface area contributed by atoms with Crippen LogP contribution in [0.2, 0.25) is 5.02 Å². The molecular formula is C19H16ClN7O2. The Morgan fingerprint density at radius 3 is 2.83 bits per heavy atom. The molecule has 0 spiro atoms. The van der Waals surface area contributed by atoms with Gasteiger partial charge in [0.05, 0.1) is 60.1 Å². The predicted molar refractivity (Wildman–Crippen MR) is 104 cm³/mol. The van der Waals surface area contributed by atoms with E-state index < -0.39 is 5.97 Å². The summed E-state index contributed by atoms with van der Waals surface area (Å²) in [4.78, 5) is 24.1. The summed E-state index contributed by atoms with van der Waals surface area (Å²) in [5.41, 5.74) is 1.76. The number of nitriles is 1. The lowest BCUT2D eigenvalue weighted by atomic mass is 10.1. The van der Waals surface area contributed by atoms with Gasteiger partial charge in [0.15, 0.2) is 0 Å². The quantitative estimate of drug-likeness (QED) is 0.616. The standard InChI is InChI=1S/C19H16ClN7O2/c1-29-17(28)15-3-2-13(7-22-15)25-18-23-8-14(20)16(26-18)12-6-24-27(9-12)11-19(10-21)4-5-19/h2-3,6-9H,4-5,11H2,1H3,(H,23,25,26). The van der Waals surface area contributed by atoms with Gasteiger partial charge in [-0.05, 0) is 25.0 Å². The van der Waals surface area contributed by atoms with Crippen molar-refractivity contribution in [3.8, 4) is 17.3 Å². The lowest BCUT2D eigenvalue weighted by Gasteiger charge is -2.08. The van der Waals surface area contributed by atoms with Crippen molar-refractivity contribution in [2.75, 3.05) is 12.4 Å². The van der Waals surface area contributed by atoms with Crippen LogP contribution in [0.1, 0.15) is 23.3 Å². The van der Waals surface area contributed by atoms with Crippen molar-refractivity contribution in [3.63, 3.8) is 0 Å². The van der Waals surface area contributed by atoms with E-state index in [0.29, 0.717) is 28.9 Å². The highest BCUT2D eigenvalue weighted by Gasteiger charge is 2.43. The number of esters is 1. The van der Waals surface area contributed by atoms with E-state index in [1.165, 1.54) is 25.6 Å². The van der Waals surface area contributed by atoms with Crippen molar-refractivity contribution in [2.45, 2.75) is 19.4 Å². The van der Waals surface area contributed by atoms with Crippen LogP contribution in [-0.4, -0.2) is 37.8 Å². The maximum Gasteiger partial charge on any atom is 0.356 e. The molecule has 0 amide bonds. The lowest BCUT2D eigenvalue weighted by Crippen LogP contribution is -2.09. The average molecular weight is 410 g/mol. The number of methoxy groups -OCH3 is 1. The molecule has 3 aromatic heterocycles. The van der Waals surface area contributed by atoms with Gasteiger partial charge in [-0.3, -0.25) is 4.68 Å². The van der Waals surface area contributed by atoms with Gasteiger partial charge >= 0.3 is 5.97 Å². The molecule has 0 bridgehead atoms. The van der Waals surface area contributed by atoms with Gasteiger partial charge in [-0.15, -0.1) is 0 Å². The highest BCUT2D eigenvalue weighted by atomic mass is 35.5. The molecule has 0 aliphatic heterocycles. The summed E-state index contributed by atoms with van der Waals surface area (Å²) in [5.74, 6) is -0.191. The fourth-order valence-corrected chi connectivity index (χ4v) is 2.99. The number of ether oxygens (including phenoxy) is 1. The Hall–Kier alpha value is -3.51. The molecular weight excluding hydrogens is 394 g/mol. The molecule has 4 rings (SSSR count). The van der Waals surface area contributed by atoms with Crippen molar-refractivity contribution >= 4 is 29.2 Å². The van der Waals surface area contributed by atoms with Gasteiger partial charge < -0.3 is 10.1 Å². The van der Waals surface area contributed by atoms with Crippen LogP contribution in [0, 0.1) is 16.7 Å². The Morgan fingerprint density at radius 1 is 1.34 bits per heavy atom. The van der Waals surface area contributed by atoms with Crippen molar-refractivity contribution < 1.29 is 9.53 Å². The van der Waals surface area contributed by atoms with Gasteiger partial charge in [-0.2, -0.15) is 10.4 Å². The van der Waals surface area contributed by atoms with E-state index in [-0.39, 0.29) is 11.1 Å². The van der Waals surface area contributed by atoms with E-state index in [2.05, 4.69) is 36.2 Å². The number of pyridine rings is 1. The van der Waals surface area contributed by atoms with Gasteiger partial charge in [0.1, 0.15) is 5.69 Å². The zero-order chi connectivity index (χ0) is 20.4. The Bertz CT molecular complexity index is 1100.